The van der Waals surface area contributed by atoms with E-state index in [2.05, 4.69) is 29.3 Å². The van der Waals surface area contributed by atoms with Crippen LogP contribution in [0.5, 0.6) is 0 Å². The largest absolute Gasteiger partial charge is 0.387 e. The third-order valence-corrected chi connectivity index (χ3v) is 8.99. The molecule has 0 aliphatic carbocycles. The van der Waals surface area contributed by atoms with Crippen molar-refractivity contribution in [3.8, 4) is 0 Å². The van der Waals surface area contributed by atoms with E-state index in [1.165, 1.54) is 0 Å². The van der Waals surface area contributed by atoms with E-state index in [-0.39, 0.29) is 23.7 Å². The number of aliphatic hydroxyl groups is 2. The molecule has 0 radical (unpaired) electrons. The van der Waals surface area contributed by atoms with Crippen LogP contribution >= 0.6 is 26.8 Å². The number of aromatic amines is 1. The second-order valence-electron chi connectivity index (χ2n) is 7.37. The number of halogens is 2. The minimum absolute atomic E-state index is 0.105. The summed E-state index contributed by atoms with van der Waals surface area (Å²) in [6.45, 7) is -2.02. The first kappa shape index (κ1) is 28.6. The molecular formula is C15H22ClFN6O11P2. The average molecular weight is 579 g/mol. The summed E-state index contributed by atoms with van der Waals surface area (Å²) in [5.74, 6) is -1.30. The topological polar surface area (TPSA) is 261 Å². The molecule has 2 aromatic rings. The van der Waals surface area contributed by atoms with Crippen molar-refractivity contribution in [2.24, 2.45) is 0 Å². The molecule has 1 aliphatic heterocycles. The minimum atomic E-state index is -5.49. The number of alkyl halides is 2. The number of carbonyl (C=O) groups is 1. The second-order valence-corrected chi connectivity index (χ2v) is 11.7. The van der Waals surface area contributed by atoms with Gasteiger partial charge in [-0.15, -0.1) is 11.6 Å². The zero-order valence-electron chi connectivity index (χ0n) is 18.0. The predicted molar refractivity (Wildman–Crippen MR) is 119 cm³/mol. The highest BCUT2D eigenvalue weighted by atomic mass is 35.5. The summed E-state index contributed by atoms with van der Waals surface area (Å²) in [6, 6.07) is 0. The highest BCUT2D eigenvalue weighted by molar-refractivity contribution is 7.71. The summed E-state index contributed by atoms with van der Waals surface area (Å²) in [5, 5.41) is 22.8. The fourth-order valence-electron chi connectivity index (χ4n) is 3.13. The summed E-state index contributed by atoms with van der Waals surface area (Å²) < 4.78 is 54.1. The van der Waals surface area contributed by atoms with Crippen LogP contribution in [-0.4, -0.2) is 95.0 Å². The molecule has 0 aromatic carbocycles. The van der Waals surface area contributed by atoms with Gasteiger partial charge in [-0.1, -0.05) is 0 Å². The molecule has 3 rings (SSSR count). The maximum atomic E-state index is 14.4. The Morgan fingerprint density at radius 1 is 1.33 bits per heavy atom. The number of ether oxygens (including phenoxy) is 1. The zero-order valence-corrected chi connectivity index (χ0v) is 20.6. The first-order valence-electron chi connectivity index (χ1n) is 9.93. The lowest BCUT2D eigenvalue weighted by atomic mass is 10.1. The van der Waals surface area contributed by atoms with Crippen LogP contribution in [0.15, 0.2) is 11.1 Å². The number of amides is 1. The lowest BCUT2D eigenvalue weighted by molar-refractivity contribution is -0.118. The monoisotopic (exact) mass is 578 g/mol. The number of carbonyl (C=O) groups excluding carboxylic acids is 1. The third-order valence-electron chi connectivity index (χ3n) is 4.85. The molecule has 1 fully saturated rings. The molecule has 17 nitrogen and oxygen atoms in total. The van der Waals surface area contributed by atoms with Gasteiger partial charge in [0.25, 0.3) is 11.2 Å². The van der Waals surface area contributed by atoms with Gasteiger partial charge in [0.15, 0.2) is 17.4 Å². The summed E-state index contributed by atoms with van der Waals surface area (Å²) >= 11 is 5.24. The number of H-pyrrole nitrogens is 1. The number of fused-ring (bicyclic) bond motifs is 1. The van der Waals surface area contributed by atoms with Gasteiger partial charge in [-0.3, -0.25) is 28.3 Å². The van der Waals surface area contributed by atoms with Crippen LogP contribution in [0.3, 0.4) is 0 Å². The molecule has 7 unspecified atom stereocenters. The molecule has 1 amide bonds. The molecule has 7 atom stereocenters. The van der Waals surface area contributed by atoms with Crippen molar-refractivity contribution in [3.63, 3.8) is 0 Å². The van der Waals surface area contributed by atoms with E-state index in [4.69, 9.17) is 22.1 Å². The third kappa shape index (κ3) is 6.11. The summed E-state index contributed by atoms with van der Waals surface area (Å²) in [5.41, 5.74) is 1.16. The van der Waals surface area contributed by atoms with E-state index in [1.807, 2.05) is 0 Å². The van der Waals surface area contributed by atoms with Gasteiger partial charge in [-0.05, 0) is 0 Å². The van der Waals surface area contributed by atoms with Gasteiger partial charge in [0.1, 0.15) is 24.2 Å². The lowest BCUT2D eigenvalue weighted by Crippen LogP contribution is -2.34. The number of rotatable bonds is 11. The molecule has 0 bridgehead atoms. The van der Waals surface area contributed by atoms with Crippen LogP contribution < -0.4 is 16.6 Å². The van der Waals surface area contributed by atoms with Crippen molar-refractivity contribution in [2.75, 3.05) is 31.4 Å². The Labute approximate surface area is 205 Å². The smallest absolute Gasteiger partial charge is 0.374 e. The summed E-state index contributed by atoms with van der Waals surface area (Å²) in [6.07, 6.45) is -5.30. The first-order valence-corrected chi connectivity index (χ1v) is 13.8. The van der Waals surface area contributed by atoms with Crippen LogP contribution in [0.2, 0.25) is 0 Å². The van der Waals surface area contributed by atoms with E-state index >= 15 is 0 Å². The van der Waals surface area contributed by atoms with Gasteiger partial charge in [0.05, 0.1) is 19.5 Å². The Balaban J connectivity index is 1.64. The van der Waals surface area contributed by atoms with Crippen LogP contribution in [0.4, 0.5) is 10.3 Å². The first-order chi connectivity index (χ1) is 16.8. The normalized spacial score (nSPS) is 26.4. The maximum Gasteiger partial charge on any atom is 0.374 e. The summed E-state index contributed by atoms with van der Waals surface area (Å²) in [7, 11) is -10.8. The van der Waals surface area contributed by atoms with Crippen LogP contribution in [0.1, 0.15) is 6.23 Å². The van der Waals surface area contributed by atoms with E-state index in [0.29, 0.717) is 0 Å². The van der Waals surface area contributed by atoms with E-state index in [9.17, 15) is 43.1 Å². The highest BCUT2D eigenvalue weighted by Gasteiger charge is 2.50. The molecule has 3 heterocycles. The van der Waals surface area contributed by atoms with E-state index in [1.54, 1.807) is 0 Å². The van der Waals surface area contributed by atoms with Gasteiger partial charge >= 0.3 is 15.2 Å². The second kappa shape index (κ2) is 11.2. The Morgan fingerprint density at radius 2 is 2.00 bits per heavy atom. The highest BCUT2D eigenvalue weighted by Crippen LogP contribution is 2.66. The van der Waals surface area contributed by atoms with Gasteiger partial charge in [-0.2, -0.15) is 4.98 Å². The SMILES string of the molecule is Nc1nc2c(ncn2C2OC(COP(=O)(O)C(F)P(=O)(O)OCCNC(=O)CCl)C(O)C2O)c(=O)[nH]1. The molecule has 0 saturated carbocycles. The van der Waals surface area contributed by atoms with Crippen LogP contribution in [0.25, 0.3) is 11.2 Å². The van der Waals surface area contributed by atoms with E-state index in [0.717, 1.165) is 10.9 Å². The number of hydrogen-bond acceptors (Lipinski definition) is 12. The van der Waals surface area contributed by atoms with Crippen molar-refractivity contribution >= 4 is 49.8 Å². The number of nitrogens with two attached hydrogens (primary N) is 1. The lowest BCUT2D eigenvalue weighted by Gasteiger charge is -2.22. The Morgan fingerprint density at radius 3 is 2.67 bits per heavy atom. The Hall–Kier alpha value is -1.98. The van der Waals surface area contributed by atoms with Crippen molar-refractivity contribution in [1.29, 1.82) is 0 Å². The van der Waals surface area contributed by atoms with Gasteiger partial charge in [-0.25, -0.2) is 9.37 Å². The number of nitrogens with zero attached hydrogens (tertiary/aromatic N) is 3. The van der Waals surface area contributed by atoms with Gasteiger partial charge < -0.3 is 44.8 Å². The standard InChI is InChI=1S/C15H22ClFN6O11P2/c16-3-7(24)19-1-2-32-35(28,29)14(17)36(30,31)33-4-6-9(25)10(26)13(34-6)23-5-20-8-11(23)21-15(18)22-12(8)27/h5-6,9-10,13-14,25-26H,1-4H2,(H,19,24)(H,28,29)(H,30,31)(H3,18,21,22,27). The molecule has 0 spiro atoms. The maximum absolute atomic E-state index is 14.4. The molecule has 2 aromatic heterocycles. The molecule has 36 heavy (non-hydrogen) atoms. The quantitative estimate of drug-likeness (QED) is 0.0893. The molecule has 1 aliphatic rings. The van der Waals surface area contributed by atoms with Gasteiger partial charge in [0.2, 0.25) is 11.9 Å². The van der Waals surface area contributed by atoms with E-state index < -0.39 is 75.9 Å². The Bertz CT molecular complexity index is 1260. The number of aromatic nitrogens is 4. The Kier molecular flexibility index (Phi) is 8.88. The van der Waals surface area contributed by atoms with Crippen LogP contribution in [0, 0.1) is 0 Å². The molecule has 21 heteroatoms. The van der Waals surface area contributed by atoms with Crippen LogP contribution in [-0.2, 0) is 27.7 Å². The van der Waals surface area contributed by atoms with Crippen molar-refractivity contribution < 1.29 is 52.1 Å². The number of nitrogen functional groups attached to an aromatic ring is 1. The fourth-order valence-corrected chi connectivity index (χ4v) is 6.06. The van der Waals surface area contributed by atoms with Crippen molar-refractivity contribution in [2.45, 2.75) is 30.2 Å². The van der Waals surface area contributed by atoms with Gasteiger partial charge in [0, 0.05) is 6.54 Å². The number of hydrogen-bond donors (Lipinski definition) is 7. The predicted octanol–water partition coefficient (Wildman–Crippen LogP) is -1.67. The summed E-state index contributed by atoms with van der Waals surface area (Å²) in [4.78, 5) is 52.4. The number of nitrogens with one attached hydrogen (secondary N) is 2. The zero-order chi connectivity index (χ0) is 26.8. The average Bonchev–Trinajstić information content (AvgIpc) is 3.35. The molecule has 1 saturated heterocycles. The number of aliphatic hydroxyl groups excluding tert-OH is 2. The molecular weight excluding hydrogens is 557 g/mol. The minimum Gasteiger partial charge on any atom is -0.387 e. The van der Waals surface area contributed by atoms with Crippen molar-refractivity contribution in [3.05, 3.63) is 16.7 Å². The molecule has 202 valence electrons. The number of anilines is 1. The number of imidazole rings is 1. The fraction of sp³-hybridized carbons (Fsp3) is 0.600. The van der Waals surface area contributed by atoms with Crippen molar-refractivity contribution in [1.82, 2.24) is 24.8 Å². The molecule has 8 N–H and O–H groups in total.